The van der Waals surface area contributed by atoms with E-state index in [1.807, 2.05) is 0 Å². The SMILES string of the molecule is Cn1c(=O)c2c(=O)c([N+](=O)[O-])c(N3CCCC3=O)[nH]c2n(C)c1=O. The molecule has 3 heterocycles. The molecule has 0 aromatic carbocycles. The average Bonchev–Trinajstić information content (AvgIpc) is 2.95. The number of rotatable bonds is 2. The highest BCUT2D eigenvalue weighted by atomic mass is 16.6. The number of amides is 1. The van der Waals surface area contributed by atoms with Crippen molar-refractivity contribution in [2.45, 2.75) is 12.8 Å². The number of H-pyrrole nitrogens is 1. The first-order valence-corrected chi connectivity index (χ1v) is 7.06. The van der Waals surface area contributed by atoms with Gasteiger partial charge in [0.1, 0.15) is 11.0 Å². The molecule has 3 rings (SSSR count). The molecule has 1 N–H and O–H groups in total. The van der Waals surface area contributed by atoms with E-state index in [9.17, 15) is 29.3 Å². The van der Waals surface area contributed by atoms with Crippen LogP contribution in [-0.2, 0) is 18.9 Å². The van der Waals surface area contributed by atoms with Gasteiger partial charge in [0, 0.05) is 27.1 Å². The number of aryl methyl sites for hydroxylation is 1. The van der Waals surface area contributed by atoms with Crippen LogP contribution in [0.15, 0.2) is 14.4 Å². The second-order valence-corrected chi connectivity index (χ2v) is 5.49. The lowest BCUT2D eigenvalue weighted by Gasteiger charge is -2.16. The zero-order valence-corrected chi connectivity index (χ0v) is 12.9. The van der Waals surface area contributed by atoms with E-state index in [0.717, 1.165) is 9.47 Å². The molecule has 2 aromatic heterocycles. The quantitative estimate of drug-likeness (QED) is 0.549. The minimum Gasteiger partial charge on any atom is -0.321 e. The Morgan fingerprint density at radius 2 is 1.79 bits per heavy atom. The molecule has 0 unspecified atom stereocenters. The van der Waals surface area contributed by atoms with Crippen LogP contribution in [0.4, 0.5) is 11.5 Å². The Kier molecular flexibility index (Phi) is 3.36. The summed E-state index contributed by atoms with van der Waals surface area (Å²) in [5.41, 5.74) is -3.80. The first-order chi connectivity index (χ1) is 11.3. The molecule has 0 aliphatic carbocycles. The predicted molar refractivity (Wildman–Crippen MR) is 83.3 cm³/mol. The van der Waals surface area contributed by atoms with Gasteiger partial charge in [-0.2, -0.15) is 0 Å². The predicted octanol–water partition coefficient (Wildman–Crippen LogP) is -1.04. The monoisotopic (exact) mass is 335 g/mol. The molecule has 1 fully saturated rings. The van der Waals surface area contributed by atoms with Crippen LogP contribution in [0.5, 0.6) is 0 Å². The summed E-state index contributed by atoms with van der Waals surface area (Å²) >= 11 is 0. The number of pyridine rings is 1. The lowest BCUT2D eigenvalue weighted by molar-refractivity contribution is -0.385. The maximum Gasteiger partial charge on any atom is 0.357 e. The van der Waals surface area contributed by atoms with Crippen molar-refractivity contribution >= 4 is 28.4 Å². The number of nitrogens with one attached hydrogen (secondary N) is 1. The van der Waals surface area contributed by atoms with Crippen molar-refractivity contribution < 1.29 is 9.72 Å². The molecule has 1 aliphatic rings. The highest BCUT2D eigenvalue weighted by molar-refractivity contribution is 5.97. The van der Waals surface area contributed by atoms with Gasteiger partial charge in [0.05, 0.1) is 4.92 Å². The van der Waals surface area contributed by atoms with Gasteiger partial charge in [-0.05, 0) is 6.42 Å². The van der Waals surface area contributed by atoms with Gasteiger partial charge in [-0.25, -0.2) is 4.79 Å². The molecular formula is C13H13N5O6. The van der Waals surface area contributed by atoms with Crippen LogP contribution in [0.2, 0.25) is 0 Å². The standard InChI is InChI=1S/C13H13N5O6/c1-15-10-7(12(21)16(2)13(15)22)9(20)8(18(23)24)11(14-10)17-5-3-4-6(17)19/h3-5H2,1-2H3,(H,14,20). The molecule has 1 saturated heterocycles. The molecule has 0 saturated carbocycles. The van der Waals surface area contributed by atoms with Crippen molar-refractivity contribution in [1.82, 2.24) is 14.1 Å². The van der Waals surface area contributed by atoms with Crippen LogP contribution in [0.1, 0.15) is 12.8 Å². The van der Waals surface area contributed by atoms with Gasteiger partial charge < -0.3 is 4.98 Å². The number of nitro groups is 1. The largest absolute Gasteiger partial charge is 0.357 e. The third-order valence-electron chi connectivity index (χ3n) is 4.09. The molecule has 11 nitrogen and oxygen atoms in total. The minimum absolute atomic E-state index is 0.159. The van der Waals surface area contributed by atoms with Crippen LogP contribution < -0.4 is 21.6 Å². The first-order valence-electron chi connectivity index (χ1n) is 7.06. The Morgan fingerprint density at radius 1 is 1.12 bits per heavy atom. The molecule has 1 amide bonds. The van der Waals surface area contributed by atoms with Crippen molar-refractivity contribution in [1.29, 1.82) is 0 Å². The molecule has 24 heavy (non-hydrogen) atoms. The molecular weight excluding hydrogens is 322 g/mol. The lowest BCUT2D eigenvalue weighted by atomic mass is 10.2. The van der Waals surface area contributed by atoms with Gasteiger partial charge >= 0.3 is 11.4 Å². The Bertz CT molecular complexity index is 1080. The highest BCUT2D eigenvalue weighted by Crippen LogP contribution is 2.27. The Morgan fingerprint density at radius 3 is 2.33 bits per heavy atom. The third kappa shape index (κ3) is 1.97. The second-order valence-electron chi connectivity index (χ2n) is 5.49. The van der Waals surface area contributed by atoms with E-state index in [1.54, 1.807) is 0 Å². The summed E-state index contributed by atoms with van der Waals surface area (Å²) < 4.78 is 1.70. The first kappa shape index (κ1) is 15.6. The smallest absolute Gasteiger partial charge is 0.321 e. The number of nitrogens with zero attached hydrogens (tertiary/aromatic N) is 4. The topological polar surface area (TPSA) is 140 Å². The molecule has 0 bridgehead atoms. The maximum atomic E-state index is 12.6. The molecule has 0 spiro atoms. The zero-order valence-electron chi connectivity index (χ0n) is 12.9. The fourth-order valence-corrected chi connectivity index (χ4v) is 2.84. The number of carbonyl (C=O) groups is 1. The summed E-state index contributed by atoms with van der Waals surface area (Å²) in [6.45, 7) is 0.208. The average molecular weight is 335 g/mol. The van der Waals surface area contributed by atoms with Crippen LogP contribution in [0.3, 0.4) is 0 Å². The minimum atomic E-state index is -1.13. The normalized spacial score (nSPS) is 14.6. The fraction of sp³-hybridized carbons (Fsp3) is 0.385. The lowest BCUT2D eigenvalue weighted by Crippen LogP contribution is -2.40. The molecule has 0 radical (unpaired) electrons. The van der Waals surface area contributed by atoms with Gasteiger partial charge in [-0.15, -0.1) is 0 Å². The van der Waals surface area contributed by atoms with E-state index in [1.165, 1.54) is 14.1 Å². The van der Waals surface area contributed by atoms with E-state index in [4.69, 9.17) is 0 Å². The molecule has 2 aromatic rings. The highest BCUT2D eigenvalue weighted by Gasteiger charge is 2.33. The van der Waals surface area contributed by atoms with Crippen molar-refractivity contribution in [2.75, 3.05) is 11.4 Å². The van der Waals surface area contributed by atoms with E-state index in [2.05, 4.69) is 4.98 Å². The third-order valence-corrected chi connectivity index (χ3v) is 4.09. The molecule has 0 atom stereocenters. The van der Waals surface area contributed by atoms with E-state index < -0.39 is 32.7 Å². The summed E-state index contributed by atoms with van der Waals surface area (Å²) in [7, 11) is 2.49. The summed E-state index contributed by atoms with van der Waals surface area (Å²) in [4.78, 5) is 62.8. The van der Waals surface area contributed by atoms with Gasteiger partial charge in [-0.1, -0.05) is 0 Å². The Hall–Kier alpha value is -3.24. The van der Waals surface area contributed by atoms with Crippen LogP contribution in [0.25, 0.3) is 11.0 Å². The van der Waals surface area contributed by atoms with Crippen molar-refractivity contribution in [3.05, 3.63) is 41.2 Å². The Labute approximate surface area is 132 Å². The molecule has 1 aliphatic heterocycles. The zero-order chi connectivity index (χ0) is 17.8. The van der Waals surface area contributed by atoms with Crippen LogP contribution >= 0.6 is 0 Å². The van der Waals surface area contributed by atoms with E-state index in [-0.39, 0.29) is 30.3 Å². The van der Waals surface area contributed by atoms with Gasteiger partial charge in [0.15, 0.2) is 5.82 Å². The summed E-state index contributed by atoms with van der Waals surface area (Å²) in [6.07, 6.45) is 0.693. The summed E-state index contributed by atoms with van der Waals surface area (Å²) in [5.74, 6) is -0.676. The number of fused-ring (bicyclic) bond motifs is 1. The van der Waals surface area contributed by atoms with Gasteiger partial charge in [-0.3, -0.25) is 38.5 Å². The second kappa shape index (κ2) is 5.15. The van der Waals surface area contributed by atoms with Gasteiger partial charge in [0.2, 0.25) is 5.91 Å². The number of hydrogen-bond acceptors (Lipinski definition) is 6. The number of hydrogen-bond donors (Lipinski definition) is 1. The van der Waals surface area contributed by atoms with E-state index in [0.29, 0.717) is 11.0 Å². The number of aromatic amines is 1. The maximum absolute atomic E-state index is 12.6. The number of aromatic nitrogens is 3. The molecule has 126 valence electrons. The number of carbonyl (C=O) groups excluding carboxylic acids is 1. The van der Waals surface area contributed by atoms with Crippen molar-refractivity contribution in [3.8, 4) is 0 Å². The van der Waals surface area contributed by atoms with Gasteiger partial charge in [0.25, 0.3) is 11.0 Å². The Balaban J connectivity index is 2.55. The number of anilines is 1. The molecule has 11 heteroatoms. The van der Waals surface area contributed by atoms with Crippen molar-refractivity contribution in [3.63, 3.8) is 0 Å². The van der Waals surface area contributed by atoms with Crippen LogP contribution in [0, 0.1) is 10.1 Å². The summed E-state index contributed by atoms with van der Waals surface area (Å²) in [5, 5.41) is 10.9. The summed E-state index contributed by atoms with van der Waals surface area (Å²) in [6, 6.07) is 0. The van der Waals surface area contributed by atoms with E-state index >= 15 is 0 Å². The fourth-order valence-electron chi connectivity index (χ4n) is 2.84. The van der Waals surface area contributed by atoms with Crippen molar-refractivity contribution in [2.24, 2.45) is 14.1 Å². The van der Waals surface area contributed by atoms with Crippen LogP contribution in [-0.4, -0.2) is 31.5 Å².